The van der Waals surface area contributed by atoms with Crippen molar-refractivity contribution in [1.82, 2.24) is 10.3 Å². The second-order valence-electron chi connectivity index (χ2n) is 4.36. The van der Waals surface area contributed by atoms with Crippen LogP contribution in [-0.4, -0.2) is 30.1 Å². The molecule has 19 heavy (non-hydrogen) atoms. The number of hydrogen-bond acceptors (Lipinski definition) is 5. The second-order valence-corrected chi connectivity index (χ2v) is 5.31. The van der Waals surface area contributed by atoms with Crippen LogP contribution in [0.5, 0.6) is 0 Å². The highest BCUT2D eigenvalue weighted by Gasteiger charge is 2.15. The molecule has 3 N–H and O–H groups in total. The van der Waals surface area contributed by atoms with Gasteiger partial charge in [0.05, 0.1) is 12.7 Å². The van der Waals surface area contributed by atoms with Crippen LogP contribution >= 0.6 is 23.7 Å². The SMILES string of the molecule is Cl.NCc1nc(C(=O)NCCOC2CCCC2)cs1. The molecular formula is C12H20ClN3O2S. The lowest BCUT2D eigenvalue weighted by atomic mass is 10.3. The molecule has 1 aromatic rings. The van der Waals surface area contributed by atoms with Crippen molar-refractivity contribution in [3.8, 4) is 0 Å². The van der Waals surface area contributed by atoms with E-state index in [4.69, 9.17) is 10.5 Å². The Morgan fingerprint density at radius 2 is 2.26 bits per heavy atom. The van der Waals surface area contributed by atoms with Gasteiger partial charge in [-0.2, -0.15) is 0 Å². The number of nitrogens with one attached hydrogen (secondary N) is 1. The van der Waals surface area contributed by atoms with E-state index in [1.165, 1.54) is 24.2 Å². The van der Waals surface area contributed by atoms with Gasteiger partial charge in [0.1, 0.15) is 10.7 Å². The summed E-state index contributed by atoms with van der Waals surface area (Å²) in [7, 11) is 0. The molecular weight excluding hydrogens is 286 g/mol. The Morgan fingerprint density at radius 1 is 1.53 bits per heavy atom. The average Bonchev–Trinajstić information content (AvgIpc) is 3.05. The number of hydrogen-bond donors (Lipinski definition) is 2. The fourth-order valence-electron chi connectivity index (χ4n) is 2.04. The third kappa shape index (κ3) is 5.06. The molecule has 1 aliphatic rings. The smallest absolute Gasteiger partial charge is 0.270 e. The lowest BCUT2D eigenvalue weighted by molar-refractivity contribution is 0.0581. The van der Waals surface area contributed by atoms with Gasteiger partial charge in [0.15, 0.2) is 0 Å². The molecule has 108 valence electrons. The molecule has 1 aromatic heterocycles. The van der Waals surface area contributed by atoms with E-state index in [1.54, 1.807) is 5.38 Å². The Bertz CT molecular complexity index is 394. The number of rotatable bonds is 6. The zero-order valence-electron chi connectivity index (χ0n) is 10.8. The highest BCUT2D eigenvalue weighted by molar-refractivity contribution is 7.09. The molecule has 1 amide bonds. The van der Waals surface area contributed by atoms with Crippen LogP contribution in [0.4, 0.5) is 0 Å². The van der Waals surface area contributed by atoms with Gasteiger partial charge in [-0.25, -0.2) is 4.98 Å². The van der Waals surface area contributed by atoms with Gasteiger partial charge in [-0.15, -0.1) is 23.7 Å². The number of amides is 1. The third-order valence-electron chi connectivity index (χ3n) is 3.00. The molecule has 1 saturated carbocycles. The van der Waals surface area contributed by atoms with Gasteiger partial charge in [-0.1, -0.05) is 12.8 Å². The van der Waals surface area contributed by atoms with Crippen LogP contribution in [0.1, 0.15) is 41.2 Å². The van der Waals surface area contributed by atoms with Crippen molar-refractivity contribution in [3.63, 3.8) is 0 Å². The van der Waals surface area contributed by atoms with E-state index in [9.17, 15) is 4.79 Å². The molecule has 7 heteroatoms. The summed E-state index contributed by atoms with van der Waals surface area (Å²) in [5.74, 6) is -0.152. The topological polar surface area (TPSA) is 77.2 Å². The standard InChI is InChI=1S/C12H19N3O2S.ClH/c13-7-11-15-10(8-18-11)12(16)14-5-6-17-9-3-1-2-4-9;/h8-9H,1-7,13H2,(H,14,16);1H. The molecule has 2 rings (SSSR count). The predicted octanol–water partition coefficient (Wildman–Crippen LogP) is 1.71. The minimum Gasteiger partial charge on any atom is -0.376 e. The van der Waals surface area contributed by atoms with Gasteiger partial charge >= 0.3 is 0 Å². The third-order valence-corrected chi connectivity index (χ3v) is 3.87. The summed E-state index contributed by atoms with van der Waals surface area (Å²) in [5.41, 5.74) is 5.90. The van der Waals surface area contributed by atoms with Crippen molar-refractivity contribution in [2.75, 3.05) is 13.2 Å². The first kappa shape index (κ1) is 16.4. The molecule has 0 atom stereocenters. The molecule has 0 radical (unpaired) electrons. The summed E-state index contributed by atoms with van der Waals surface area (Å²) in [6.07, 6.45) is 5.22. The largest absolute Gasteiger partial charge is 0.376 e. The molecule has 0 spiro atoms. The maximum absolute atomic E-state index is 11.7. The molecule has 1 heterocycles. The van der Waals surface area contributed by atoms with E-state index < -0.39 is 0 Å². The molecule has 0 bridgehead atoms. The lowest BCUT2D eigenvalue weighted by Crippen LogP contribution is -2.28. The molecule has 0 aromatic carbocycles. The average molecular weight is 306 g/mol. The minimum atomic E-state index is -0.152. The van der Waals surface area contributed by atoms with Gasteiger partial charge in [-0.05, 0) is 12.8 Å². The van der Waals surface area contributed by atoms with Crippen molar-refractivity contribution < 1.29 is 9.53 Å². The minimum absolute atomic E-state index is 0. The summed E-state index contributed by atoms with van der Waals surface area (Å²) in [6.45, 7) is 1.48. The number of ether oxygens (including phenoxy) is 1. The summed E-state index contributed by atoms with van der Waals surface area (Å²) >= 11 is 1.41. The monoisotopic (exact) mass is 305 g/mol. The first-order valence-corrected chi connectivity index (χ1v) is 7.22. The Labute approximate surface area is 123 Å². The van der Waals surface area contributed by atoms with Crippen LogP contribution in [0, 0.1) is 0 Å². The molecule has 1 fully saturated rings. The number of thiazole rings is 1. The maximum Gasteiger partial charge on any atom is 0.270 e. The first-order chi connectivity index (χ1) is 8.79. The molecule has 1 aliphatic carbocycles. The van der Waals surface area contributed by atoms with Gasteiger partial charge < -0.3 is 15.8 Å². The zero-order chi connectivity index (χ0) is 12.8. The van der Waals surface area contributed by atoms with Crippen molar-refractivity contribution in [3.05, 3.63) is 16.1 Å². The van der Waals surface area contributed by atoms with E-state index in [2.05, 4.69) is 10.3 Å². The number of carbonyl (C=O) groups is 1. The molecule has 0 saturated heterocycles. The Kier molecular flexibility index (Phi) is 7.30. The Balaban J connectivity index is 0.00000180. The fourth-order valence-corrected chi connectivity index (χ4v) is 2.70. The fraction of sp³-hybridized carbons (Fsp3) is 0.667. The summed E-state index contributed by atoms with van der Waals surface area (Å²) in [4.78, 5) is 15.8. The van der Waals surface area contributed by atoms with Crippen LogP contribution in [0.2, 0.25) is 0 Å². The first-order valence-electron chi connectivity index (χ1n) is 6.34. The number of nitrogens with zero attached hydrogens (tertiary/aromatic N) is 1. The van der Waals surface area contributed by atoms with Gasteiger partial charge in [0.2, 0.25) is 0 Å². The summed E-state index contributed by atoms with van der Waals surface area (Å²) in [5, 5.41) is 5.31. The van der Waals surface area contributed by atoms with E-state index in [-0.39, 0.29) is 18.3 Å². The van der Waals surface area contributed by atoms with Crippen LogP contribution in [0.15, 0.2) is 5.38 Å². The Hall–Kier alpha value is -0.690. The normalized spacial score (nSPS) is 15.2. The summed E-state index contributed by atoms with van der Waals surface area (Å²) < 4.78 is 5.66. The van der Waals surface area contributed by atoms with Crippen LogP contribution in [-0.2, 0) is 11.3 Å². The number of halogens is 1. The van der Waals surface area contributed by atoms with Crippen LogP contribution in [0.3, 0.4) is 0 Å². The van der Waals surface area contributed by atoms with Crippen LogP contribution in [0.25, 0.3) is 0 Å². The highest BCUT2D eigenvalue weighted by Crippen LogP contribution is 2.20. The van der Waals surface area contributed by atoms with Gasteiger partial charge in [0.25, 0.3) is 5.91 Å². The number of nitrogens with two attached hydrogens (primary N) is 1. The quantitative estimate of drug-likeness (QED) is 0.784. The van der Waals surface area contributed by atoms with Crippen molar-refractivity contribution in [2.24, 2.45) is 5.73 Å². The predicted molar refractivity (Wildman–Crippen MR) is 77.8 cm³/mol. The lowest BCUT2D eigenvalue weighted by Gasteiger charge is -2.10. The number of aromatic nitrogens is 1. The van der Waals surface area contributed by atoms with E-state index >= 15 is 0 Å². The van der Waals surface area contributed by atoms with Gasteiger partial charge in [0, 0.05) is 18.5 Å². The van der Waals surface area contributed by atoms with Crippen molar-refractivity contribution in [1.29, 1.82) is 0 Å². The van der Waals surface area contributed by atoms with E-state index in [1.807, 2.05) is 0 Å². The van der Waals surface area contributed by atoms with Crippen LogP contribution < -0.4 is 11.1 Å². The van der Waals surface area contributed by atoms with Crippen molar-refractivity contribution in [2.45, 2.75) is 38.3 Å². The highest BCUT2D eigenvalue weighted by atomic mass is 35.5. The molecule has 0 unspecified atom stereocenters. The maximum atomic E-state index is 11.7. The summed E-state index contributed by atoms with van der Waals surface area (Å²) in [6, 6.07) is 0. The molecule has 5 nitrogen and oxygen atoms in total. The van der Waals surface area contributed by atoms with E-state index in [0.717, 1.165) is 17.8 Å². The van der Waals surface area contributed by atoms with Crippen molar-refractivity contribution >= 4 is 29.7 Å². The zero-order valence-corrected chi connectivity index (χ0v) is 12.4. The number of carbonyl (C=O) groups excluding carboxylic acids is 1. The second kappa shape index (κ2) is 8.47. The molecule has 0 aliphatic heterocycles. The van der Waals surface area contributed by atoms with E-state index in [0.29, 0.717) is 31.5 Å². The van der Waals surface area contributed by atoms with Gasteiger partial charge in [-0.3, -0.25) is 4.79 Å². The Morgan fingerprint density at radius 3 is 2.89 bits per heavy atom.